The molecule has 0 N–H and O–H groups in total. The molecule has 0 saturated heterocycles. The summed E-state index contributed by atoms with van der Waals surface area (Å²) in [6.07, 6.45) is 9.50. The van der Waals surface area contributed by atoms with Gasteiger partial charge in [-0.15, -0.1) is 0 Å². The Morgan fingerprint density at radius 3 is 1.30 bits per heavy atom. The largest absolute Gasteiger partial charge is 2.00 e. The molecule has 0 aliphatic heterocycles. The van der Waals surface area contributed by atoms with E-state index in [-0.39, 0.29) is 19.5 Å². The molecule has 0 fully saturated rings. The third kappa shape index (κ3) is 15.7. The van der Waals surface area contributed by atoms with E-state index in [1.807, 2.05) is 0 Å². The molecule has 3 heteroatoms. The first-order chi connectivity index (χ1) is 4.50. The van der Waals surface area contributed by atoms with E-state index in [0.717, 1.165) is 6.42 Å². The van der Waals surface area contributed by atoms with Crippen LogP contribution < -0.4 is 0 Å². The van der Waals surface area contributed by atoms with Gasteiger partial charge in [-0.1, -0.05) is 24.3 Å². The minimum atomic E-state index is 0. The fourth-order valence-electron chi connectivity index (χ4n) is 0.393. The van der Waals surface area contributed by atoms with Gasteiger partial charge in [0.1, 0.15) is 0 Å². The van der Waals surface area contributed by atoms with Gasteiger partial charge in [-0.25, -0.2) is 0 Å². The third-order valence-corrected chi connectivity index (χ3v) is 0.655. The van der Waals surface area contributed by atoms with Gasteiger partial charge in [0, 0.05) is 0 Å². The number of rotatable bonds is 0. The van der Waals surface area contributed by atoms with Crippen molar-refractivity contribution in [2.45, 2.75) is 6.42 Å². The maximum Gasteiger partial charge on any atom is 2.00 e. The van der Waals surface area contributed by atoms with Crippen molar-refractivity contribution in [2.24, 2.45) is 0 Å². The Morgan fingerprint density at radius 1 is 0.900 bits per heavy atom. The van der Waals surface area contributed by atoms with E-state index in [9.17, 15) is 0 Å². The van der Waals surface area contributed by atoms with Crippen LogP contribution in [0.3, 0.4) is 0 Å². The molecule has 0 bridgehead atoms. The van der Waals surface area contributed by atoms with Crippen LogP contribution in [0.1, 0.15) is 6.42 Å². The van der Waals surface area contributed by atoms with Crippen molar-refractivity contribution in [1.29, 1.82) is 0 Å². The van der Waals surface area contributed by atoms with Gasteiger partial charge < -0.3 is 9.59 Å². The van der Waals surface area contributed by atoms with Crippen molar-refractivity contribution in [3.63, 3.8) is 0 Å². The maximum absolute atomic E-state index is 7.75. The minimum absolute atomic E-state index is 0. The first kappa shape index (κ1) is 16.2. The summed E-state index contributed by atoms with van der Waals surface area (Å²) in [5, 5.41) is 0. The van der Waals surface area contributed by atoms with Crippen LogP contribution in [-0.4, -0.2) is 13.6 Å². The van der Waals surface area contributed by atoms with Gasteiger partial charge in [-0.2, -0.15) is 0 Å². The van der Waals surface area contributed by atoms with Gasteiger partial charge in [-0.05, 0) is 6.42 Å². The van der Waals surface area contributed by atoms with Crippen LogP contribution in [0.25, 0.3) is 0 Å². The van der Waals surface area contributed by atoms with Gasteiger partial charge in [0.05, 0.1) is 0 Å². The SMILES string of the molecule is C1=CCC=C1.[CH-]=O.[CH-]=O.[Ru+2]. The molecule has 56 valence electrons. The molecule has 0 radical (unpaired) electrons. The molecular weight excluding hydrogens is 217 g/mol. The Hall–Kier alpha value is -0.557. The predicted molar refractivity (Wildman–Crippen MR) is 36.4 cm³/mol. The molecule has 1 rings (SSSR count). The molecule has 0 spiro atoms. The standard InChI is InChI=1S/C5H6.2CHO.Ru/c1-2-4-5-3-1;2*1-2;/h1-4H,5H2;2*1H;/q;2*-1;+2. The van der Waals surface area contributed by atoms with Crippen molar-refractivity contribution < 1.29 is 29.1 Å². The van der Waals surface area contributed by atoms with E-state index in [0.29, 0.717) is 0 Å². The molecule has 0 unspecified atom stereocenters. The Balaban J connectivity index is -0.0000000875. The van der Waals surface area contributed by atoms with E-state index in [1.54, 1.807) is 0 Å². The van der Waals surface area contributed by atoms with Crippen LogP contribution in [0, 0.1) is 0 Å². The zero-order valence-electron chi connectivity index (χ0n) is 5.34. The third-order valence-electron chi connectivity index (χ3n) is 0.655. The van der Waals surface area contributed by atoms with Crippen LogP contribution in [0.4, 0.5) is 0 Å². The molecule has 0 aromatic heterocycles. The van der Waals surface area contributed by atoms with Gasteiger partial charge in [-0.3, -0.25) is 13.6 Å². The Bertz CT molecular complexity index is 87.8. The van der Waals surface area contributed by atoms with E-state index >= 15 is 0 Å². The Morgan fingerprint density at radius 2 is 1.20 bits per heavy atom. The first-order valence-electron chi connectivity index (χ1n) is 2.29. The Kier molecular flexibility index (Phi) is 38.4. The van der Waals surface area contributed by atoms with Crippen molar-refractivity contribution in [3.8, 4) is 0 Å². The molecule has 2 nitrogen and oxygen atoms in total. The van der Waals surface area contributed by atoms with E-state index in [2.05, 4.69) is 37.9 Å². The molecule has 0 atom stereocenters. The number of hydrogen-bond donors (Lipinski definition) is 0. The normalized spacial score (nSPS) is 9.60. The number of hydrogen-bond acceptors (Lipinski definition) is 2. The average Bonchev–Trinajstić information content (AvgIpc) is 2.51. The summed E-state index contributed by atoms with van der Waals surface area (Å²) >= 11 is 0. The fraction of sp³-hybridized carbons (Fsp3) is 0.143. The average molecular weight is 225 g/mol. The fourth-order valence-corrected chi connectivity index (χ4v) is 0.393. The second-order valence-electron chi connectivity index (χ2n) is 1.09. The molecular formula is C7H8O2Ru. The topological polar surface area (TPSA) is 34.1 Å². The summed E-state index contributed by atoms with van der Waals surface area (Å²) in [6, 6.07) is 0. The molecule has 0 heterocycles. The summed E-state index contributed by atoms with van der Waals surface area (Å²) in [5.74, 6) is 0. The summed E-state index contributed by atoms with van der Waals surface area (Å²) in [7, 11) is 0. The van der Waals surface area contributed by atoms with Crippen LogP contribution >= 0.6 is 0 Å². The predicted octanol–water partition coefficient (Wildman–Crippen LogP) is 0.952. The molecule has 0 saturated carbocycles. The zero-order chi connectivity index (χ0) is 7.54. The van der Waals surface area contributed by atoms with E-state index in [1.165, 1.54) is 0 Å². The maximum atomic E-state index is 7.75. The Labute approximate surface area is 73.8 Å². The molecule has 1 aliphatic rings. The van der Waals surface area contributed by atoms with Crippen LogP contribution in [0.2, 0.25) is 0 Å². The second kappa shape index (κ2) is 23.7. The summed E-state index contributed by atoms with van der Waals surface area (Å²) < 4.78 is 0. The van der Waals surface area contributed by atoms with Gasteiger partial charge in [0.2, 0.25) is 0 Å². The molecule has 1 aliphatic carbocycles. The minimum Gasteiger partial charge on any atom is -0.545 e. The molecule has 0 aromatic carbocycles. The zero-order valence-corrected chi connectivity index (χ0v) is 7.08. The smallest absolute Gasteiger partial charge is 0.545 e. The van der Waals surface area contributed by atoms with Gasteiger partial charge in [0.25, 0.3) is 0 Å². The number of allylic oxidation sites excluding steroid dienone is 4. The second-order valence-corrected chi connectivity index (χ2v) is 1.09. The summed E-state index contributed by atoms with van der Waals surface area (Å²) in [4.78, 5) is 15.5. The van der Waals surface area contributed by atoms with Gasteiger partial charge >= 0.3 is 19.5 Å². The van der Waals surface area contributed by atoms with Crippen LogP contribution in [0.15, 0.2) is 24.3 Å². The van der Waals surface area contributed by atoms with E-state index in [4.69, 9.17) is 9.59 Å². The van der Waals surface area contributed by atoms with Crippen molar-refractivity contribution in [2.75, 3.05) is 0 Å². The monoisotopic (exact) mass is 226 g/mol. The quantitative estimate of drug-likeness (QED) is 0.349. The van der Waals surface area contributed by atoms with Crippen molar-refractivity contribution >= 4 is 13.6 Å². The molecule has 0 amide bonds. The van der Waals surface area contributed by atoms with Crippen LogP contribution in [-0.2, 0) is 29.1 Å². The van der Waals surface area contributed by atoms with E-state index < -0.39 is 0 Å². The summed E-state index contributed by atoms with van der Waals surface area (Å²) in [5.41, 5.74) is 0. The van der Waals surface area contributed by atoms with Crippen molar-refractivity contribution in [1.82, 2.24) is 0 Å². The van der Waals surface area contributed by atoms with Gasteiger partial charge in [0.15, 0.2) is 0 Å². The molecule has 0 aromatic rings. The molecule has 10 heavy (non-hydrogen) atoms. The summed E-state index contributed by atoms with van der Waals surface area (Å²) in [6.45, 7) is 6.50. The first-order valence-corrected chi connectivity index (χ1v) is 2.29. The number of carbonyl (C=O) groups excluding carboxylic acids is 2. The van der Waals surface area contributed by atoms with Crippen molar-refractivity contribution in [3.05, 3.63) is 24.3 Å². The van der Waals surface area contributed by atoms with Crippen LogP contribution in [0.5, 0.6) is 0 Å².